The summed E-state index contributed by atoms with van der Waals surface area (Å²) in [5.41, 5.74) is 1.16. The van der Waals surface area contributed by atoms with Crippen LogP contribution in [0.2, 0.25) is 0 Å². The van der Waals surface area contributed by atoms with Crippen LogP contribution in [-0.2, 0) is 0 Å². The Kier molecular flexibility index (Phi) is 7.61. The normalized spacial score (nSPS) is 20.7. The number of rotatable bonds is 7. The molecule has 1 amide bonds. The SMILES string of the molecule is CC1(CN2CCC(COc3ccc(-c4ccc(C(=O)N5CCCCC5)cc4F)c(F)c3)CC2)CCC1. The molecule has 0 bridgehead atoms. The van der Waals surface area contributed by atoms with E-state index in [9.17, 15) is 13.6 Å². The molecule has 1 saturated carbocycles. The van der Waals surface area contributed by atoms with Crippen molar-refractivity contribution >= 4 is 5.91 Å². The topological polar surface area (TPSA) is 32.8 Å². The van der Waals surface area contributed by atoms with Gasteiger partial charge in [0.05, 0.1) is 6.61 Å². The van der Waals surface area contributed by atoms with Crippen LogP contribution in [0.4, 0.5) is 8.78 Å². The van der Waals surface area contributed by atoms with Crippen LogP contribution < -0.4 is 4.74 Å². The van der Waals surface area contributed by atoms with E-state index in [1.165, 1.54) is 44.0 Å². The highest BCUT2D eigenvalue weighted by atomic mass is 19.1. The minimum atomic E-state index is -0.590. The number of likely N-dealkylation sites (tertiary alicyclic amines) is 2. The maximum Gasteiger partial charge on any atom is 0.253 e. The highest BCUT2D eigenvalue weighted by Gasteiger charge is 2.34. The number of carbonyl (C=O) groups excluding carboxylic acids is 1. The van der Waals surface area contributed by atoms with Gasteiger partial charge in [-0.2, -0.15) is 0 Å². The second-order valence-corrected chi connectivity index (χ2v) is 11.4. The van der Waals surface area contributed by atoms with Crippen LogP contribution in [0.1, 0.15) is 68.6 Å². The fraction of sp³-hybridized carbons (Fsp3) is 0.567. The number of ether oxygens (including phenoxy) is 1. The first-order valence-electron chi connectivity index (χ1n) is 13.6. The number of nitrogens with zero attached hydrogens (tertiary/aromatic N) is 2. The van der Waals surface area contributed by atoms with Crippen LogP contribution in [0, 0.1) is 23.0 Å². The first-order chi connectivity index (χ1) is 17.4. The van der Waals surface area contributed by atoms with Crippen molar-refractivity contribution in [3.8, 4) is 16.9 Å². The average molecular weight is 497 g/mol. The van der Waals surface area contributed by atoms with Crippen molar-refractivity contribution in [1.29, 1.82) is 0 Å². The third-order valence-corrected chi connectivity index (χ3v) is 8.45. The molecule has 2 aliphatic heterocycles. The minimum Gasteiger partial charge on any atom is -0.493 e. The fourth-order valence-corrected chi connectivity index (χ4v) is 5.95. The van der Waals surface area contributed by atoms with E-state index in [0.29, 0.717) is 42.3 Å². The zero-order valence-corrected chi connectivity index (χ0v) is 21.4. The molecule has 4 nitrogen and oxygen atoms in total. The fourth-order valence-electron chi connectivity index (χ4n) is 5.95. The molecule has 0 N–H and O–H groups in total. The summed E-state index contributed by atoms with van der Waals surface area (Å²) in [6.45, 7) is 7.80. The lowest BCUT2D eigenvalue weighted by molar-refractivity contribution is 0.0564. The van der Waals surface area contributed by atoms with Gasteiger partial charge in [-0.1, -0.05) is 19.4 Å². The van der Waals surface area contributed by atoms with Gasteiger partial charge in [0, 0.05) is 42.4 Å². The van der Waals surface area contributed by atoms with Crippen molar-refractivity contribution in [2.75, 3.05) is 39.3 Å². The molecule has 0 spiro atoms. The van der Waals surface area contributed by atoms with Gasteiger partial charge in [0.15, 0.2) is 0 Å². The number of carbonyl (C=O) groups is 1. The molecule has 0 radical (unpaired) electrons. The zero-order chi connectivity index (χ0) is 25.1. The van der Waals surface area contributed by atoms with Crippen molar-refractivity contribution in [3.05, 3.63) is 53.6 Å². The highest BCUT2D eigenvalue weighted by molar-refractivity contribution is 5.94. The molecule has 0 unspecified atom stereocenters. The number of benzene rings is 2. The molecule has 0 aromatic heterocycles. The quantitative estimate of drug-likeness (QED) is 0.436. The molecule has 2 aromatic carbocycles. The molecule has 2 heterocycles. The maximum atomic E-state index is 15.0. The molecule has 1 aliphatic carbocycles. The first-order valence-corrected chi connectivity index (χ1v) is 13.6. The third kappa shape index (κ3) is 5.74. The summed E-state index contributed by atoms with van der Waals surface area (Å²) in [5, 5.41) is 0. The van der Waals surface area contributed by atoms with Gasteiger partial charge in [-0.25, -0.2) is 8.78 Å². The average Bonchev–Trinajstić information content (AvgIpc) is 2.88. The van der Waals surface area contributed by atoms with Gasteiger partial charge < -0.3 is 14.5 Å². The first kappa shape index (κ1) is 25.2. The number of hydrogen-bond donors (Lipinski definition) is 0. The molecule has 36 heavy (non-hydrogen) atoms. The molecule has 6 heteroatoms. The Morgan fingerprint density at radius 3 is 2.19 bits per heavy atom. The molecule has 5 rings (SSSR count). The van der Waals surface area contributed by atoms with Gasteiger partial charge in [0.25, 0.3) is 5.91 Å². The van der Waals surface area contributed by atoms with E-state index < -0.39 is 11.6 Å². The van der Waals surface area contributed by atoms with E-state index in [-0.39, 0.29) is 17.0 Å². The van der Waals surface area contributed by atoms with Crippen molar-refractivity contribution < 1.29 is 18.3 Å². The van der Waals surface area contributed by atoms with E-state index in [1.54, 1.807) is 23.1 Å². The van der Waals surface area contributed by atoms with Crippen molar-refractivity contribution in [2.24, 2.45) is 11.3 Å². The highest BCUT2D eigenvalue weighted by Crippen LogP contribution is 2.41. The monoisotopic (exact) mass is 496 g/mol. The Bertz CT molecular complexity index is 1070. The number of piperidine rings is 2. The predicted octanol–water partition coefficient (Wildman–Crippen LogP) is 6.54. The number of halogens is 2. The van der Waals surface area contributed by atoms with Gasteiger partial charge in [-0.15, -0.1) is 0 Å². The molecule has 0 atom stereocenters. The lowest BCUT2D eigenvalue weighted by Crippen LogP contribution is -2.44. The summed E-state index contributed by atoms with van der Waals surface area (Å²) in [7, 11) is 0. The summed E-state index contributed by atoms with van der Waals surface area (Å²) in [6, 6.07) is 8.94. The predicted molar refractivity (Wildman–Crippen MR) is 138 cm³/mol. The molecule has 194 valence electrons. The second kappa shape index (κ2) is 10.9. The van der Waals surface area contributed by atoms with Gasteiger partial charge in [0.1, 0.15) is 17.4 Å². The summed E-state index contributed by atoms with van der Waals surface area (Å²) < 4.78 is 35.8. The Labute approximate surface area is 213 Å². The van der Waals surface area contributed by atoms with Crippen molar-refractivity contribution in [2.45, 2.75) is 58.3 Å². The van der Waals surface area contributed by atoms with E-state index in [1.807, 2.05) is 0 Å². The summed E-state index contributed by atoms with van der Waals surface area (Å²) in [6.07, 6.45) is 9.34. The molecule has 2 saturated heterocycles. The van der Waals surface area contributed by atoms with E-state index in [4.69, 9.17) is 4.74 Å². The largest absolute Gasteiger partial charge is 0.493 e. The molecular weight excluding hydrogens is 458 g/mol. The number of hydrogen-bond acceptors (Lipinski definition) is 3. The molecular formula is C30H38F2N2O2. The van der Waals surface area contributed by atoms with E-state index in [2.05, 4.69) is 11.8 Å². The van der Waals surface area contributed by atoms with Crippen LogP contribution in [0.3, 0.4) is 0 Å². The smallest absolute Gasteiger partial charge is 0.253 e. The van der Waals surface area contributed by atoms with Crippen LogP contribution in [0.15, 0.2) is 36.4 Å². The Balaban J connectivity index is 1.16. The second-order valence-electron chi connectivity index (χ2n) is 11.4. The lowest BCUT2D eigenvalue weighted by Gasteiger charge is -2.44. The van der Waals surface area contributed by atoms with Crippen molar-refractivity contribution in [3.63, 3.8) is 0 Å². The number of amides is 1. The summed E-state index contributed by atoms with van der Waals surface area (Å²) >= 11 is 0. The summed E-state index contributed by atoms with van der Waals surface area (Å²) in [4.78, 5) is 17.0. The van der Waals surface area contributed by atoms with E-state index in [0.717, 1.165) is 45.2 Å². The van der Waals surface area contributed by atoms with Gasteiger partial charge in [0.2, 0.25) is 0 Å². The van der Waals surface area contributed by atoms with Crippen LogP contribution in [0.25, 0.3) is 11.1 Å². The third-order valence-electron chi connectivity index (χ3n) is 8.45. The van der Waals surface area contributed by atoms with Crippen LogP contribution in [-0.4, -0.2) is 55.0 Å². The lowest BCUT2D eigenvalue weighted by atomic mass is 9.70. The molecule has 2 aromatic rings. The van der Waals surface area contributed by atoms with Gasteiger partial charge in [-0.3, -0.25) is 4.79 Å². The minimum absolute atomic E-state index is 0.154. The molecule has 3 aliphatic rings. The van der Waals surface area contributed by atoms with Crippen molar-refractivity contribution in [1.82, 2.24) is 9.80 Å². The maximum absolute atomic E-state index is 15.0. The Morgan fingerprint density at radius 1 is 0.917 bits per heavy atom. The Morgan fingerprint density at radius 2 is 1.58 bits per heavy atom. The van der Waals surface area contributed by atoms with E-state index >= 15 is 0 Å². The Hall–Kier alpha value is -2.47. The standard InChI is InChI=1S/C30H38F2N2O2/c1-30(12-5-13-30)21-33-16-10-22(11-17-33)20-36-24-7-9-26(28(32)19-24)25-8-6-23(18-27(25)31)29(35)34-14-3-2-4-15-34/h6-9,18-19,22H,2-5,10-17,20-21H2,1H3. The van der Waals surface area contributed by atoms with Crippen LogP contribution >= 0.6 is 0 Å². The van der Waals surface area contributed by atoms with Gasteiger partial charge in [-0.05, 0) is 93.6 Å². The van der Waals surface area contributed by atoms with Gasteiger partial charge >= 0.3 is 0 Å². The van der Waals surface area contributed by atoms with Crippen LogP contribution in [0.5, 0.6) is 5.75 Å². The zero-order valence-electron chi connectivity index (χ0n) is 21.4. The molecule has 3 fully saturated rings. The summed E-state index contributed by atoms with van der Waals surface area (Å²) in [5.74, 6) is -0.330.